The number of carbonyl (C=O) groups is 1. The van der Waals surface area contributed by atoms with E-state index in [9.17, 15) is 9.90 Å². The summed E-state index contributed by atoms with van der Waals surface area (Å²) in [5.74, 6) is 0.945. The van der Waals surface area contributed by atoms with E-state index in [0.717, 1.165) is 63.4 Å². The van der Waals surface area contributed by atoms with E-state index in [1.807, 2.05) is 53.5 Å². The summed E-state index contributed by atoms with van der Waals surface area (Å²) in [6.07, 6.45) is 3.89. The summed E-state index contributed by atoms with van der Waals surface area (Å²) in [6, 6.07) is 15.5. The molecule has 9 nitrogen and oxygen atoms in total. The fraction of sp³-hybridized carbons (Fsp3) is 0.500. The lowest BCUT2D eigenvalue weighted by atomic mass is 10.1. The third-order valence-corrected chi connectivity index (χ3v) is 5.43. The van der Waals surface area contributed by atoms with Crippen LogP contribution in [-0.2, 0) is 16.1 Å². The van der Waals surface area contributed by atoms with E-state index in [0.29, 0.717) is 19.9 Å². The predicted molar refractivity (Wildman–Crippen MR) is 126 cm³/mol. The van der Waals surface area contributed by atoms with Crippen LogP contribution in [0.2, 0.25) is 0 Å². The number of nitrogens with zero attached hydrogens (tertiary/aromatic N) is 3. The van der Waals surface area contributed by atoms with E-state index < -0.39 is 0 Å². The van der Waals surface area contributed by atoms with Gasteiger partial charge in [0.15, 0.2) is 0 Å². The zero-order chi connectivity index (χ0) is 23.1. The molecule has 1 aromatic carbocycles. The highest BCUT2D eigenvalue weighted by atomic mass is 16.5. The standard InChI is InChI=1S/C16H24N2O3.C8H11N3O/c19-15-7-11-18(12-8-15)10-4-9-17-16(20)21-13-14-5-2-1-3-6-14;1-2-4-9-8(3-1)11-5-6-12-7-10-11/h1-3,5-6,15,19H,4,7-13H2,(H,17,20);1-4,10H,5-7H2. The van der Waals surface area contributed by atoms with Crippen molar-refractivity contribution in [3.63, 3.8) is 0 Å². The first-order valence-electron chi connectivity index (χ1n) is 11.6. The summed E-state index contributed by atoms with van der Waals surface area (Å²) < 4.78 is 10.3. The Bertz CT molecular complexity index is 782. The van der Waals surface area contributed by atoms with Crippen molar-refractivity contribution >= 4 is 11.9 Å². The molecular weight excluding hydrogens is 422 g/mol. The van der Waals surface area contributed by atoms with Crippen LogP contribution < -0.4 is 15.8 Å². The third-order valence-electron chi connectivity index (χ3n) is 5.43. The second kappa shape index (κ2) is 14.4. The fourth-order valence-corrected chi connectivity index (χ4v) is 3.55. The van der Waals surface area contributed by atoms with Gasteiger partial charge in [0.2, 0.25) is 0 Å². The number of ether oxygens (including phenoxy) is 2. The molecule has 2 aromatic rings. The summed E-state index contributed by atoms with van der Waals surface area (Å²) >= 11 is 0. The molecule has 2 aliphatic rings. The number of nitrogens with one attached hydrogen (secondary N) is 2. The number of benzene rings is 1. The molecule has 2 aliphatic heterocycles. The number of piperidine rings is 1. The minimum atomic E-state index is -0.368. The summed E-state index contributed by atoms with van der Waals surface area (Å²) in [7, 11) is 0. The first-order chi connectivity index (χ1) is 16.2. The molecule has 9 heteroatoms. The molecule has 0 saturated carbocycles. The molecule has 0 aliphatic carbocycles. The van der Waals surface area contributed by atoms with Crippen molar-refractivity contribution in [2.24, 2.45) is 0 Å². The van der Waals surface area contributed by atoms with Crippen LogP contribution >= 0.6 is 0 Å². The number of likely N-dealkylation sites (tertiary alicyclic amines) is 1. The SMILES string of the molecule is O=C(NCCCN1CCC(O)CC1)OCc1ccccc1.c1ccc(N2CCOCN2)nc1. The van der Waals surface area contributed by atoms with E-state index >= 15 is 0 Å². The first kappa shape index (κ1) is 24.9. The van der Waals surface area contributed by atoms with Gasteiger partial charge in [-0.25, -0.2) is 15.2 Å². The Hall–Kier alpha value is -2.72. The van der Waals surface area contributed by atoms with Crippen LogP contribution in [0.1, 0.15) is 24.8 Å². The average Bonchev–Trinajstić information content (AvgIpc) is 2.88. The Morgan fingerprint density at radius 3 is 2.64 bits per heavy atom. The summed E-state index contributed by atoms with van der Waals surface area (Å²) in [5.41, 5.74) is 4.07. The molecule has 4 rings (SSSR count). The average molecular weight is 458 g/mol. The van der Waals surface area contributed by atoms with Gasteiger partial charge in [-0.2, -0.15) is 0 Å². The van der Waals surface area contributed by atoms with Crippen molar-refractivity contribution in [1.82, 2.24) is 20.6 Å². The van der Waals surface area contributed by atoms with Crippen LogP contribution in [0.15, 0.2) is 54.7 Å². The van der Waals surface area contributed by atoms with Gasteiger partial charge in [0.1, 0.15) is 19.2 Å². The third kappa shape index (κ3) is 9.75. The highest BCUT2D eigenvalue weighted by Gasteiger charge is 2.16. The van der Waals surface area contributed by atoms with Crippen molar-refractivity contribution in [2.45, 2.75) is 32.0 Å². The van der Waals surface area contributed by atoms with Crippen LogP contribution in [0.4, 0.5) is 10.6 Å². The van der Waals surface area contributed by atoms with Crippen molar-refractivity contribution in [3.8, 4) is 0 Å². The van der Waals surface area contributed by atoms with Crippen LogP contribution in [0.5, 0.6) is 0 Å². The van der Waals surface area contributed by atoms with E-state index in [1.54, 1.807) is 6.20 Å². The normalized spacial score (nSPS) is 17.1. The van der Waals surface area contributed by atoms with E-state index in [-0.39, 0.29) is 12.2 Å². The highest BCUT2D eigenvalue weighted by molar-refractivity contribution is 5.67. The van der Waals surface area contributed by atoms with Crippen molar-refractivity contribution < 1.29 is 19.4 Å². The van der Waals surface area contributed by atoms with Crippen molar-refractivity contribution in [2.75, 3.05) is 51.1 Å². The predicted octanol–water partition coefficient (Wildman–Crippen LogP) is 2.14. The zero-order valence-electron chi connectivity index (χ0n) is 19.1. The van der Waals surface area contributed by atoms with E-state index in [1.165, 1.54) is 0 Å². The Balaban J connectivity index is 0.000000215. The molecule has 0 atom stereocenters. The lowest BCUT2D eigenvalue weighted by Crippen LogP contribution is -2.46. The lowest BCUT2D eigenvalue weighted by molar-refractivity contribution is 0.0819. The summed E-state index contributed by atoms with van der Waals surface area (Å²) in [4.78, 5) is 18.1. The Morgan fingerprint density at radius 2 is 1.94 bits per heavy atom. The molecule has 3 N–H and O–H groups in total. The minimum Gasteiger partial charge on any atom is -0.445 e. The number of aliphatic hydroxyl groups excluding tert-OH is 1. The second-order valence-corrected chi connectivity index (χ2v) is 7.97. The number of aliphatic hydroxyl groups is 1. The number of hydrogen-bond acceptors (Lipinski definition) is 8. The smallest absolute Gasteiger partial charge is 0.407 e. The van der Waals surface area contributed by atoms with Gasteiger partial charge in [-0.3, -0.25) is 5.01 Å². The molecule has 180 valence electrons. The molecule has 2 fully saturated rings. The lowest BCUT2D eigenvalue weighted by Gasteiger charge is -2.29. The van der Waals surface area contributed by atoms with E-state index in [2.05, 4.69) is 20.6 Å². The van der Waals surface area contributed by atoms with E-state index in [4.69, 9.17) is 9.47 Å². The summed E-state index contributed by atoms with van der Waals surface area (Å²) in [6.45, 7) is 5.92. The molecular formula is C24H35N5O4. The topological polar surface area (TPSA) is 99.2 Å². The molecule has 2 saturated heterocycles. The second-order valence-electron chi connectivity index (χ2n) is 7.97. The Kier molecular flexibility index (Phi) is 10.9. The maximum absolute atomic E-state index is 11.5. The molecule has 0 spiro atoms. The number of alkyl carbamates (subject to hydrolysis) is 1. The number of hydrogen-bond donors (Lipinski definition) is 3. The largest absolute Gasteiger partial charge is 0.445 e. The van der Waals surface area contributed by atoms with Crippen LogP contribution in [0, 0.1) is 0 Å². The van der Waals surface area contributed by atoms with Gasteiger partial charge in [0.05, 0.1) is 19.3 Å². The van der Waals surface area contributed by atoms with Gasteiger partial charge in [0, 0.05) is 25.8 Å². The van der Waals surface area contributed by atoms with Gasteiger partial charge >= 0.3 is 6.09 Å². The Labute approximate surface area is 195 Å². The van der Waals surface area contributed by atoms with Gasteiger partial charge in [0.25, 0.3) is 0 Å². The van der Waals surface area contributed by atoms with Crippen molar-refractivity contribution in [1.29, 1.82) is 0 Å². The number of hydrazine groups is 1. The van der Waals surface area contributed by atoms with Crippen molar-refractivity contribution in [3.05, 3.63) is 60.3 Å². The number of pyridine rings is 1. The molecule has 0 unspecified atom stereocenters. The first-order valence-corrected chi connectivity index (χ1v) is 11.6. The van der Waals surface area contributed by atoms with Crippen LogP contribution in [0.3, 0.4) is 0 Å². The van der Waals surface area contributed by atoms with Crippen LogP contribution in [-0.4, -0.2) is 73.2 Å². The highest BCUT2D eigenvalue weighted by Crippen LogP contribution is 2.10. The number of rotatable bonds is 7. The number of aromatic nitrogens is 1. The molecule has 33 heavy (non-hydrogen) atoms. The van der Waals surface area contributed by atoms with Gasteiger partial charge in [-0.1, -0.05) is 36.4 Å². The maximum Gasteiger partial charge on any atom is 0.407 e. The molecule has 3 heterocycles. The fourth-order valence-electron chi connectivity index (χ4n) is 3.55. The molecule has 0 radical (unpaired) electrons. The van der Waals surface area contributed by atoms with Gasteiger partial charge < -0.3 is 24.8 Å². The number of amides is 1. The molecule has 0 bridgehead atoms. The summed E-state index contributed by atoms with van der Waals surface area (Å²) in [5, 5.41) is 14.2. The molecule has 1 aromatic heterocycles. The zero-order valence-corrected chi connectivity index (χ0v) is 19.1. The monoisotopic (exact) mass is 457 g/mol. The number of anilines is 1. The molecule has 1 amide bonds. The quantitative estimate of drug-likeness (QED) is 0.544. The number of carbonyl (C=O) groups excluding carboxylic acids is 1. The Morgan fingerprint density at radius 1 is 1.15 bits per heavy atom. The minimum absolute atomic E-state index is 0.132. The van der Waals surface area contributed by atoms with Gasteiger partial charge in [-0.05, 0) is 43.5 Å². The maximum atomic E-state index is 11.5. The van der Waals surface area contributed by atoms with Crippen LogP contribution in [0.25, 0.3) is 0 Å². The van der Waals surface area contributed by atoms with Gasteiger partial charge in [-0.15, -0.1) is 0 Å².